The van der Waals surface area contributed by atoms with Crippen LogP contribution in [0.3, 0.4) is 0 Å². The van der Waals surface area contributed by atoms with Crippen LogP contribution in [-0.2, 0) is 10.3 Å². The number of carbonyl (C=O) groups excluding carboxylic acids is 1. The second-order valence-electron chi connectivity index (χ2n) is 6.16. The Morgan fingerprint density at radius 3 is 2.85 bits per heavy atom. The molecule has 0 aliphatic carbocycles. The summed E-state index contributed by atoms with van der Waals surface area (Å²) in [6, 6.07) is -0.363. The van der Waals surface area contributed by atoms with Gasteiger partial charge in [-0.05, 0) is 27.2 Å². The molecule has 2 heterocycles. The first-order valence-corrected chi connectivity index (χ1v) is 6.68. The molecule has 0 saturated carbocycles. The van der Waals surface area contributed by atoms with Crippen molar-refractivity contribution in [1.29, 1.82) is 0 Å². The van der Waals surface area contributed by atoms with Crippen LogP contribution in [0, 0.1) is 0 Å². The number of hydrogen-bond acceptors (Lipinski definition) is 4. The number of nitrogens with one attached hydrogen (secondary N) is 2. The fourth-order valence-electron chi connectivity index (χ4n) is 2.03. The van der Waals surface area contributed by atoms with Crippen molar-refractivity contribution in [3.05, 3.63) is 12.4 Å². The quantitative estimate of drug-likeness (QED) is 0.769. The monoisotopic (exact) mass is 282 g/mol. The number of hydrogen-bond donors (Lipinski definition) is 3. The van der Waals surface area contributed by atoms with E-state index in [1.807, 2.05) is 20.8 Å². The van der Waals surface area contributed by atoms with Crippen LogP contribution < -0.4 is 10.6 Å². The fourth-order valence-corrected chi connectivity index (χ4v) is 2.03. The largest absolute Gasteiger partial charge is 0.394 e. The standard InChI is InChI=1S/C13H22N4O3/c1-12(2,3)17-7-10(6-14-17)15-11(19)16-13(8-18)4-5-20-9-13/h6-7,18H,4-5,8-9H2,1-3H3,(H2,15,16,19). The number of rotatable bonds is 3. The third kappa shape index (κ3) is 3.29. The van der Waals surface area contributed by atoms with E-state index in [0.29, 0.717) is 25.3 Å². The van der Waals surface area contributed by atoms with E-state index in [0.717, 1.165) is 0 Å². The van der Waals surface area contributed by atoms with Gasteiger partial charge in [0.2, 0.25) is 0 Å². The number of aliphatic hydroxyl groups is 1. The maximum Gasteiger partial charge on any atom is 0.319 e. The van der Waals surface area contributed by atoms with Crippen LogP contribution >= 0.6 is 0 Å². The Bertz CT molecular complexity index is 472. The van der Waals surface area contributed by atoms with Crippen molar-refractivity contribution in [2.75, 3.05) is 25.1 Å². The van der Waals surface area contributed by atoms with Crippen molar-refractivity contribution in [3.8, 4) is 0 Å². The average molecular weight is 282 g/mol. The Labute approximate surface area is 118 Å². The normalized spacial score (nSPS) is 22.8. The van der Waals surface area contributed by atoms with Crippen molar-refractivity contribution < 1.29 is 14.6 Å². The van der Waals surface area contributed by atoms with Gasteiger partial charge in [-0.15, -0.1) is 0 Å². The molecule has 1 aromatic heterocycles. The van der Waals surface area contributed by atoms with Crippen molar-refractivity contribution in [1.82, 2.24) is 15.1 Å². The number of nitrogens with zero attached hydrogens (tertiary/aromatic N) is 2. The molecular weight excluding hydrogens is 260 g/mol. The molecule has 2 rings (SSSR count). The van der Waals surface area contributed by atoms with Gasteiger partial charge in [-0.2, -0.15) is 5.10 Å². The summed E-state index contributed by atoms with van der Waals surface area (Å²) in [5.74, 6) is 0. The number of ether oxygens (including phenoxy) is 1. The van der Waals surface area contributed by atoms with Gasteiger partial charge in [0.05, 0.1) is 36.2 Å². The molecule has 7 heteroatoms. The summed E-state index contributed by atoms with van der Waals surface area (Å²) in [4.78, 5) is 12.0. The summed E-state index contributed by atoms with van der Waals surface area (Å²) in [6.45, 7) is 6.82. The number of aromatic nitrogens is 2. The van der Waals surface area contributed by atoms with Crippen LogP contribution in [0.4, 0.5) is 10.5 Å². The van der Waals surface area contributed by atoms with Crippen molar-refractivity contribution in [2.45, 2.75) is 38.3 Å². The molecule has 1 atom stereocenters. The van der Waals surface area contributed by atoms with Gasteiger partial charge in [-0.3, -0.25) is 4.68 Å². The van der Waals surface area contributed by atoms with E-state index in [-0.39, 0.29) is 18.2 Å². The highest BCUT2D eigenvalue weighted by atomic mass is 16.5. The van der Waals surface area contributed by atoms with Gasteiger partial charge >= 0.3 is 6.03 Å². The molecule has 112 valence electrons. The average Bonchev–Trinajstić information content (AvgIpc) is 2.98. The highest BCUT2D eigenvalue weighted by Crippen LogP contribution is 2.19. The number of carbonyl (C=O) groups is 1. The van der Waals surface area contributed by atoms with E-state index in [1.165, 1.54) is 0 Å². The first-order valence-electron chi connectivity index (χ1n) is 6.68. The molecule has 20 heavy (non-hydrogen) atoms. The first-order chi connectivity index (χ1) is 9.35. The second kappa shape index (κ2) is 5.41. The highest BCUT2D eigenvalue weighted by Gasteiger charge is 2.35. The summed E-state index contributed by atoms with van der Waals surface area (Å²) in [5.41, 5.74) is -0.198. The molecular formula is C13H22N4O3. The maximum atomic E-state index is 12.0. The minimum Gasteiger partial charge on any atom is -0.394 e. The minimum atomic E-state index is -0.676. The topological polar surface area (TPSA) is 88.4 Å². The van der Waals surface area contributed by atoms with Crippen LogP contribution in [0.25, 0.3) is 0 Å². The fraction of sp³-hybridized carbons (Fsp3) is 0.692. The van der Waals surface area contributed by atoms with Crippen LogP contribution in [0.1, 0.15) is 27.2 Å². The van der Waals surface area contributed by atoms with Crippen molar-refractivity contribution in [2.24, 2.45) is 0 Å². The molecule has 0 radical (unpaired) electrons. The minimum absolute atomic E-state index is 0.137. The number of aliphatic hydroxyl groups excluding tert-OH is 1. The molecule has 1 unspecified atom stereocenters. The van der Waals surface area contributed by atoms with Crippen LogP contribution in [-0.4, -0.2) is 46.3 Å². The molecule has 1 aliphatic rings. The van der Waals surface area contributed by atoms with E-state index in [1.54, 1.807) is 17.1 Å². The van der Waals surface area contributed by atoms with Gasteiger partial charge in [-0.1, -0.05) is 0 Å². The summed E-state index contributed by atoms with van der Waals surface area (Å²) in [7, 11) is 0. The molecule has 3 N–H and O–H groups in total. The molecule has 1 aliphatic heterocycles. The molecule has 0 aromatic carbocycles. The second-order valence-corrected chi connectivity index (χ2v) is 6.16. The predicted molar refractivity (Wildman–Crippen MR) is 74.6 cm³/mol. The third-order valence-electron chi connectivity index (χ3n) is 3.31. The lowest BCUT2D eigenvalue weighted by Crippen LogP contribution is -2.53. The molecule has 7 nitrogen and oxygen atoms in total. The Morgan fingerprint density at radius 1 is 1.60 bits per heavy atom. The van der Waals surface area contributed by atoms with Gasteiger partial charge in [0, 0.05) is 12.8 Å². The summed E-state index contributed by atoms with van der Waals surface area (Å²) >= 11 is 0. The van der Waals surface area contributed by atoms with Crippen LogP contribution in [0.15, 0.2) is 12.4 Å². The Morgan fingerprint density at radius 2 is 2.35 bits per heavy atom. The highest BCUT2D eigenvalue weighted by molar-refractivity contribution is 5.89. The lowest BCUT2D eigenvalue weighted by Gasteiger charge is -2.26. The summed E-state index contributed by atoms with van der Waals surface area (Å²) in [5, 5.41) is 19.1. The lowest BCUT2D eigenvalue weighted by atomic mass is 10.0. The van der Waals surface area contributed by atoms with E-state index in [4.69, 9.17) is 4.74 Å². The maximum absolute atomic E-state index is 12.0. The van der Waals surface area contributed by atoms with Gasteiger partial charge in [0.25, 0.3) is 0 Å². The number of urea groups is 1. The number of amides is 2. The Balaban J connectivity index is 1.96. The molecule has 1 aromatic rings. The lowest BCUT2D eigenvalue weighted by molar-refractivity contribution is 0.126. The Hall–Kier alpha value is -1.60. The zero-order valence-electron chi connectivity index (χ0n) is 12.1. The molecule has 1 saturated heterocycles. The van der Waals surface area contributed by atoms with E-state index in [9.17, 15) is 9.90 Å². The van der Waals surface area contributed by atoms with Crippen LogP contribution in [0.2, 0.25) is 0 Å². The van der Waals surface area contributed by atoms with Gasteiger partial charge < -0.3 is 20.5 Å². The van der Waals surface area contributed by atoms with E-state index >= 15 is 0 Å². The van der Waals surface area contributed by atoms with E-state index < -0.39 is 5.54 Å². The smallest absolute Gasteiger partial charge is 0.319 e. The third-order valence-corrected chi connectivity index (χ3v) is 3.31. The first kappa shape index (κ1) is 14.8. The van der Waals surface area contributed by atoms with Crippen LogP contribution in [0.5, 0.6) is 0 Å². The molecule has 0 bridgehead atoms. The summed E-state index contributed by atoms with van der Waals surface area (Å²) in [6.07, 6.45) is 3.98. The molecule has 1 fully saturated rings. The van der Waals surface area contributed by atoms with Gasteiger partial charge in [0.1, 0.15) is 0 Å². The Kier molecular flexibility index (Phi) is 4.01. The molecule has 0 spiro atoms. The van der Waals surface area contributed by atoms with Crippen molar-refractivity contribution in [3.63, 3.8) is 0 Å². The zero-order valence-corrected chi connectivity index (χ0v) is 12.1. The molecule has 2 amide bonds. The van der Waals surface area contributed by atoms with E-state index in [2.05, 4.69) is 15.7 Å². The van der Waals surface area contributed by atoms with Gasteiger partial charge in [-0.25, -0.2) is 4.79 Å². The van der Waals surface area contributed by atoms with Gasteiger partial charge in [0.15, 0.2) is 0 Å². The zero-order chi connectivity index (χ0) is 14.8. The predicted octanol–water partition coefficient (Wildman–Crippen LogP) is 0.911. The number of anilines is 1. The summed E-state index contributed by atoms with van der Waals surface area (Å²) < 4.78 is 7.01. The van der Waals surface area contributed by atoms with Crippen molar-refractivity contribution >= 4 is 11.7 Å². The SMILES string of the molecule is CC(C)(C)n1cc(NC(=O)NC2(CO)CCOC2)cn1.